The second kappa shape index (κ2) is 9.97. The number of ether oxygens (including phenoxy) is 3. The van der Waals surface area contributed by atoms with E-state index in [-0.39, 0.29) is 31.6 Å². The van der Waals surface area contributed by atoms with Crippen molar-refractivity contribution in [3.05, 3.63) is 30.1 Å². The van der Waals surface area contributed by atoms with Gasteiger partial charge in [-0.1, -0.05) is 18.6 Å². The molecule has 1 aromatic carbocycles. The van der Waals surface area contributed by atoms with Crippen molar-refractivity contribution >= 4 is 11.7 Å². The Kier molecular flexibility index (Phi) is 6.88. The molecule has 3 N–H and O–H groups in total. The van der Waals surface area contributed by atoms with E-state index in [2.05, 4.69) is 27.9 Å². The molecule has 0 saturated carbocycles. The summed E-state index contributed by atoms with van der Waals surface area (Å²) in [6.07, 6.45) is 5.79. The summed E-state index contributed by atoms with van der Waals surface area (Å²) >= 11 is 0. The number of nitrogens with zero attached hydrogens (tertiary/aromatic N) is 3. The predicted octanol–water partition coefficient (Wildman–Crippen LogP) is 2.08. The highest BCUT2D eigenvalue weighted by atomic mass is 16.7. The highest BCUT2D eigenvalue weighted by molar-refractivity contribution is 5.90. The van der Waals surface area contributed by atoms with Gasteiger partial charge in [0.25, 0.3) is 0 Å². The topological polar surface area (TPSA) is 120 Å². The maximum absolute atomic E-state index is 12.4. The van der Waals surface area contributed by atoms with E-state index in [1.165, 1.54) is 0 Å². The van der Waals surface area contributed by atoms with E-state index in [0.717, 1.165) is 37.8 Å². The molecular formula is C21H29N5O5. The number of hydrogen-bond acceptors (Lipinski definition) is 7. The van der Waals surface area contributed by atoms with Crippen LogP contribution in [-0.4, -0.2) is 57.8 Å². The first-order chi connectivity index (χ1) is 15.1. The molecule has 168 valence electrons. The Hall–Kier alpha value is -2.85. The van der Waals surface area contributed by atoms with Gasteiger partial charge in [-0.15, -0.1) is 5.10 Å². The molecule has 1 saturated heterocycles. The number of rotatable bonds is 8. The molecule has 10 heteroatoms. The zero-order valence-electron chi connectivity index (χ0n) is 17.6. The maximum Gasteiger partial charge on any atom is 0.319 e. The summed E-state index contributed by atoms with van der Waals surface area (Å²) in [5, 5.41) is 23.8. The van der Waals surface area contributed by atoms with E-state index in [1.54, 1.807) is 18.2 Å². The van der Waals surface area contributed by atoms with Crippen LogP contribution in [0.15, 0.2) is 24.4 Å². The fourth-order valence-corrected chi connectivity index (χ4v) is 3.91. The molecular weight excluding hydrogens is 402 g/mol. The van der Waals surface area contributed by atoms with Crippen molar-refractivity contribution in [1.82, 2.24) is 20.3 Å². The van der Waals surface area contributed by atoms with Crippen LogP contribution in [0.3, 0.4) is 0 Å². The van der Waals surface area contributed by atoms with Gasteiger partial charge < -0.3 is 30.0 Å². The molecule has 3 atom stereocenters. The molecule has 0 unspecified atom stereocenters. The van der Waals surface area contributed by atoms with Crippen molar-refractivity contribution in [3.8, 4) is 11.5 Å². The number of amides is 2. The van der Waals surface area contributed by atoms with Gasteiger partial charge >= 0.3 is 6.03 Å². The monoisotopic (exact) mass is 431 g/mol. The second-order valence-electron chi connectivity index (χ2n) is 7.84. The molecule has 2 aliphatic rings. The van der Waals surface area contributed by atoms with Crippen LogP contribution in [0.4, 0.5) is 10.5 Å². The quantitative estimate of drug-likeness (QED) is 0.585. The zero-order valence-corrected chi connectivity index (χ0v) is 17.6. The molecule has 2 amide bonds. The van der Waals surface area contributed by atoms with E-state index in [9.17, 15) is 9.90 Å². The largest absolute Gasteiger partial charge is 0.454 e. The number of nitrogens with one attached hydrogen (secondary N) is 2. The predicted molar refractivity (Wildman–Crippen MR) is 112 cm³/mol. The van der Waals surface area contributed by atoms with Gasteiger partial charge in [-0.3, -0.25) is 4.68 Å². The summed E-state index contributed by atoms with van der Waals surface area (Å²) in [7, 11) is 0. The van der Waals surface area contributed by atoms with Crippen molar-refractivity contribution in [3.63, 3.8) is 0 Å². The third-order valence-corrected chi connectivity index (χ3v) is 5.51. The summed E-state index contributed by atoms with van der Waals surface area (Å²) in [4.78, 5) is 12.4. The number of aliphatic hydroxyl groups excluding tert-OH is 1. The summed E-state index contributed by atoms with van der Waals surface area (Å²) < 4.78 is 18.5. The van der Waals surface area contributed by atoms with E-state index < -0.39 is 6.10 Å². The van der Waals surface area contributed by atoms with Crippen molar-refractivity contribution in [2.45, 2.75) is 63.8 Å². The molecule has 10 nitrogen and oxygen atoms in total. The Balaban J connectivity index is 1.24. The summed E-state index contributed by atoms with van der Waals surface area (Å²) in [6, 6.07) is 4.60. The smallest absolute Gasteiger partial charge is 0.319 e. The molecule has 0 bridgehead atoms. The first kappa shape index (κ1) is 21.4. The lowest BCUT2D eigenvalue weighted by atomic mass is 9.97. The first-order valence-corrected chi connectivity index (χ1v) is 10.8. The number of carbonyl (C=O) groups is 1. The van der Waals surface area contributed by atoms with Gasteiger partial charge in [0, 0.05) is 24.5 Å². The van der Waals surface area contributed by atoms with E-state index in [4.69, 9.17) is 14.2 Å². The van der Waals surface area contributed by atoms with Crippen molar-refractivity contribution < 1.29 is 24.1 Å². The number of carbonyl (C=O) groups excluding carboxylic acids is 1. The van der Waals surface area contributed by atoms with Crippen molar-refractivity contribution in [1.29, 1.82) is 0 Å². The molecule has 0 spiro atoms. The summed E-state index contributed by atoms with van der Waals surface area (Å²) in [5.41, 5.74) is 1.60. The van der Waals surface area contributed by atoms with Crippen LogP contribution in [0.25, 0.3) is 0 Å². The van der Waals surface area contributed by atoms with Crippen LogP contribution in [0.5, 0.6) is 11.5 Å². The fourth-order valence-electron chi connectivity index (χ4n) is 3.91. The number of hydrogen-bond donors (Lipinski definition) is 3. The number of fused-ring (bicyclic) bond motifs is 1. The standard InChI is InChI=1S/C21H29N5O5/c1-2-3-15-11-26(25-24-15)9-8-16-5-6-17(20(12-27)31-16)23-21(28)22-14-4-7-18-19(10-14)30-13-29-18/h4,7,10-11,16-17,20,27H,2-3,5-6,8-9,12-13H2,1H3,(H2,22,23,28)/t16-,17-,20+/m0/s1. The van der Waals surface area contributed by atoms with Crippen LogP contribution in [0.2, 0.25) is 0 Å². The zero-order chi connectivity index (χ0) is 21.6. The lowest BCUT2D eigenvalue weighted by Gasteiger charge is -2.36. The molecule has 0 radical (unpaired) electrons. The van der Waals surface area contributed by atoms with Crippen LogP contribution >= 0.6 is 0 Å². The molecule has 3 heterocycles. The van der Waals surface area contributed by atoms with Gasteiger partial charge in [0.1, 0.15) is 6.10 Å². The highest BCUT2D eigenvalue weighted by Gasteiger charge is 2.32. The number of aromatic nitrogens is 3. The molecule has 2 aromatic rings. The summed E-state index contributed by atoms with van der Waals surface area (Å²) in [6.45, 7) is 2.85. The number of aryl methyl sites for hydroxylation is 2. The highest BCUT2D eigenvalue weighted by Crippen LogP contribution is 2.34. The van der Waals surface area contributed by atoms with Crippen LogP contribution in [0, 0.1) is 0 Å². The van der Waals surface area contributed by atoms with Crippen molar-refractivity contribution in [2.75, 3.05) is 18.7 Å². The van der Waals surface area contributed by atoms with E-state index in [0.29, 0.717) is 23.7 Å². The fraction of sp³-hybridized carbons (Fsp3) is 0.571. The minimum absolute atomic E-state index is 0.00551. The molecule has 1 aromatic heterocycles. The molecule has 31 heavy (non-hydrogen) atoms. The van der Waals surface area contributed by atoms with Gasteiger partial charge in [0.15, 0.2) is 11.5 Å². The van der Waals surface area contributed by atoms with Gasteiger partial charge in [0.05, 0.1) is 24.4 Å². The van der Waals surface area contributed by atoms with Gasteiger partial charge in [-0.2, -0.15) is 0 Å². The van der Waals surface area contributed by atoms with Gasteiger partial charge in [-0.25, -0.2) is 4.79 Å². The number of aliphatic hydroxyl groups is 1. The van der Waals surface area contributed by atoms with E-state index >= 15 is 0 Å². The molecule has 2 aliphatic heterocycles. The maximum atomic E-state index is 12.4. The Bertz CT molecular complexity index is 889. The SMILES string of the molecule is CCCc1cn(CC[C@@H]2CC[C@H](NC(=O)Nc3ccc4c(c3)OCO4)[C@@H](CO)O2)nn1. The normalized spacial score (nSPS) is 22.3. The first-order valence-electron chi connectivity index (χ1n) is 10.8. The third kappa shape index (κ3) is 5.45. The molecule has 1 fully saturated rings. The van der Waals surface area contributed by atoms with Crippen LogP contribution < -0.4 is 20.1 Å². The number of urea groups is 1. The van der Waals surface area contributed by atoms with E-state index in [1.807, 2.05) is 10.9 Å². The average Bonchev–Trinajstić information content (AvgIpc) is 3.42. The Labute approximate surface area is 180 Å². The minimum Gasteiger partial charge on any atom is -0.454 e. The Morgan fingerprint density at radius 1 is 1.29 bits per heavy atom. The Morgan fingerprint density at radius 3 is 3.00 bits per heavy atom. The van der Waals surface area contributed by atoms with Gasteiger partial charge in [0.2, 0.25) is 6.79 Å². The number of anilines is 1. The lowest BCUT2D eigenvalue weighted by Crippen LogP contribution is -2.52. The lowest BCUT2D eigenvalue weighted by molar-refractivity contribution is -0.0905. The number of benzene rings is 1. The van der Waals surface area contributed by atoms with Crippen LogP contribution in [0.1, 0.15) is 38.3 Å². The molecule has 4 rings (SSSR count). The Morgan fingerprint density at radius 2 is 2.16 bits per heavy atom. The van der Waals surface area contributed by atoms with Crippen LogP contribution in [-0.2, 0) is 17.7 Å². The summed E-state index contributed by atoms with van der Waals surface area (Å²) in [5.74, 6) is 1.26. The average molecular weight is 431 g/mol. The molecule has 0 aliphatic carbocycles. The van der Waals surface area contributed by atoms with Gasteiger partial charge in [-0.05, 0) is 37.8 Å². The minimum atomic E-state index is -0.451. The van der Waals surface area contributed by atoms with Crippen molar-refractivity contribution in [2.24, 2.45) is 0 Å². The second-order valence-corrected chi connectivity index (χ2v) is 7.84. The third-order valence-electron chi connectivity index (χ3n) is 5.51.